The van der Waals surface area contributed by atoms with Gasteiger partial charge in [-0.2, -0.15) is 0 Å². The lowest BCUT2D eigenvalue weighted by Crippen LogP contribution is -1.94. The first-order valence-corrected chi connectivity index (χ1v) is 18.2. The van der Waals surface area contributed by atoms with Gasteiger partial charge in [0, 0.05) is 0 Å². The fraction of sp³-hybridized carbons (Fsp3) is 0. The minimum atomic E-state index is -0.264. The molecule has 0 heterocycles. The number of rotatable bonds is 6. The summed E-state index contributed by atoms with van der Waals surface area (Å²) in [5.74, 6) is -0.528. The van der Waals surface area contributed by atoms with Gasteiger partial charge in [0.05, 0.1) is 0 Å². The van der Waals surface area contributed by atoms with Crippen LogP contribution in [0.2, 0.25) is 0 Å². The van der Waals surface area contributed by atoms with Crippen LogP contribution in [0.1, 0.15) is 0 Å². The second-order valence-corrected chi connectivity index (χ2v) is 13.9. The normalized spacial score (nSPS) is 11.5. The number of hydrogen-bond donors (Lipinski definition) is 0. The molecule has 0 unspecified atom stereocenters. The number of hydrogen-bond acceptors (Lipinski definition) is 0. The molecule has 0 bridgehead atoms. The van der Waals surface area contributed by atoms with E-state index in [1.54, 1.807) is 0 Å². The maximum Gasteiger partial charge on any atom is 0.123 e. The predicted molar refractivity (Wildman–Crippen MR) is 223 cm³/mol. The van der Waals surface area contributed by atoms with Crippen molar-refractivity contribution in [2.75, 3.05) is 0 Å². The van der Waals surface area contributed by atoms with Gasteiger partial charge in [0.1, 0.15) is 11.6 Å². The van der Waals surface area contributed by atoms with E-state index in [1.807, 2.05) is 36.4 Å². The first kappa shape index (κ1) is 31.8. The zero-order chi connectivity index (χ0) is 36.2. The maximum atomic E-state index is 14.3. The average Bonchev–Trinajstić information content (AvgIpc) is 3.24. The van der Waals surface area contributed by atoms with Gasteiger partial charge in [-0.1, -0.05) is 158 Å². The average molecular weight is 695 g/mol. The van der Waals surface area contributed by atoms with E-state index in [-0.39, 0.29) is 11.6 Å². The lowest BCUT2D eigenvalue weighted by Gasteiger charge is -2.21. The first-order chi connectivity index (χ1) is 26.6. The molecule has 54 heavy (non-hydrogen) atoms. The molecule has 254 valence electrons. The van der Waals surface area contributed by atoms with Crippen molar-refractivity contribution in [3.63, 3.8) is 0 Å². The van der Waals surface area contributed by atoms with E-state index in [2.05, 4.69) is 133 Å². The van der Waals surface area contributed by atoms with Crippen LogP contribution in [-0.2, 0) is 0 Å². The van der Waals surface area contributed by atoms with Crippen LogP contribution in [0.4, 0.5) is 8.78 Å². The molecule has 0 N–H and O–H groups in total. The summed E-state index contributed by atoms with van der Waals surface area (Å²) in [5, 5.41) is 6.79. The Labute approximate surface area is 312 Å². The van der Waals surface area contributed by atoms with Crippen molar-refractivity contribution in [3.05, 3.63) is 206 Å². The Morgan fingerprint density at radius 2 is 0.463 bits per heavy atom. The van der Waals surface area contributed by atoms with E-state index < -0.39 is 0 Å². The van der Waals surface area contributed by atoms with Crippen molar-refractivity contribution in [2.24, 2.45) is 0 Å². The molecule has 0 nitrogen and oxygen atoms in total. The third-order valence-electron chi connectivity index (χ3n) is 10.8. The van der Waals surface area contributed by atoms with E-state index in [1.165, 1.54) is 35.4 Å². The second kappa shape index (κ2) is 12.9. The summed E-state index contributed by atoms with van der Waals surface area (Å²) in [6, 6.07) is 65.4. The highest BCUT2D eigenvalue weighted by Gasteiger charge is 2.21. The van der Waals surface area contributed by atoms with Gasteiger partial charge in [-0.05, 0) is 135 Å². The quantitative estimate of drug-likeness (QED) is 0.152. The van der Waals surface area contributed by atoms with E-state index in [9.17, 15) is 8.78 Å². The summed E-state index contributed by atoms with van der Waals surface area (Å²) in [6.07, 6.45) is 0. The predicted octanol–water partition coefficient (Wildman–Crippen LogP) is 14.9. The zero-order valence-electron chi connectivity index (χ0n) is 29.2. The summed E-state index contributed by atoms with van der Waals surface area (Å²) in [7, 11) is 0. The van der Waals surface area contributed by atoms with Crippen molar-refractivity contribution >= 4 is 32.3 Å². The van der Waals surface area contributed by atoms with Crippen molar-refractivity contribution in [1.29, 1.82) is 0 Å². The highest BCUT2D eigenvalue weighted by Crippen LogP contribution is 2.48. The fourth-order valence-electron chi connectivity index (χ4n) is 8.15. The summed E-state index contributed by atoms with van der Waals surface area (Å²) in [4.78, 5) is 0. The molecule has 2 heteroatoms. The lowest BCUT2D eigenvalue weighted by molar-refractivity contribution is 0.627. The standard InChI is InChI=1S/C52H32F2/c53-41-23-19-39(20-24-41)49-31-47(37-15-11-35(12-16-37)33-7-3-1-4-8-33)43-27-29-46-50(40-21-25-42(54)26-22-40)32-48(44-28-30-45(49)51(43)52(44)46)38-17-13-36(14-18-38)34-9-5-2-6-10-34/h1-32H. The molecule has 10 aromatic carbocycles. The lowest BCUT2D eigenvalue weighted by atomic mass is 9.82. The molecule has 0 radical (unpaired) electrons. The Kier molecular flexibility index (Phi) is 7.63. The van der Waals surface area contributed by atoms with Gasteiger partial charge in [-0.15, -0.1) is 0 Å². The molecule has 0 aliphatic carbocycles. The van der Waals surface area contributed by atoms with E-state index in [0.717, 1.165) is 88.0 Å². The van der Waals surface area contributed by atoms with Crippen LogP contribution in [-0.4, -0.2) is 0 Å². The van der Waals surface area contributed by atoms with E-state index in [0.29, 0.717) is 0 Å². The molecular formula is C52H32F2. The minimum Gasteiger partial charge on any atom is -0.207 e. The summed E-state index contributed by atoms with van der Waals surface area (Å²) in [6.45, 7) is 0. The van der Waals surface area contributed by atoms with Gasteiger partial charge >= 0.3 is 0 Å². The van der Waals surface area contributed by atoms with Crippen molar-refractivity contribution in [2.45, 2.75) is 0 Å². The van der Waals surface area contributed by atoms with Crippen molar-refractivity contribution in [3.8, 4) is 66.8 Å². The molecule has 10 rings (SSSR count). The highest BCUT2D eigenvalue weighted by molar-refractivity contribution is 6.32. The number of halogens is 2. The third kappa shape index (κ3) is 5.43. The van der Waals surface area contributed by atoms with Crippen LogP contribution in [0.3, 0.4) is 0 Å². The van der Waals surface area contributed by atoms with Gasteiger partial charge in [-0.3, -0.25) is 0 Å². The van der Waals surface area contributed by atoms with Crippen molar-refractivity contribution in [1.82, 2.24) is 0 Å². The van der Waals surface area contributed by atoms with Gasteiger partial charge in [0.25, 0.3) is 0 Å². The molecule has 0 atom stereocenters. The van der Waals surface area contributed by atoms with Crippen LogP contribution in [0.5, 0.6) is 0 Å². The Morgan fingerprint density at radius 3 is 0.759 bits per heavy atom. The van der Waals surface area contributed by atoms with Gasteiger partial charge < -0.3 is 0 Å². The first-order valence-electron chi connectivity index (χ1n) is 18.2. The third-order valence-corrected chi connectivity index (χ3v) is 10.8. The summed E-state index contributed by atoms with van der Waals surface area (Å²) in [5.41, 5.74) is 13.1. The molecule has 10 aromatic rings. The summed E-state index contributed by atoms with van der Waals surface area (Å²) >= 11 is 0. The van der Waals surface area contributed by atoms with Gasteiger partial charge in [0.2, 0.25) is 0 Å². The monoisotopic (exact) mass is 694 g/mol. The fourth-order valence-corrected chi connectivity index (χ4v) is 8.15. The Hall–Kier alpha value is -6.90. The van der Waals surface area contributed by atoms with Crippen LogP contribution in [0.15, 0.2) is 194 Å². The second-order valence-electron chi connectivity index (χ2n) is 13.9. The molecule has 0 amide bonds. The smallest absolute Gasteiger partial charge is 0.123 e. The topological polar surface area (TPSA) is 0 Å². The molecule has 0 spiro atoms. The molecule has 0 aliphatic heterocycles. The van der Waals surface area contributed by atoms with Crippen molar-refractivity contribution < 1.29 is 8.78 Å². The maximum absolute atomic E-state index is 14.3. The molecule has 0 saturated heterocycles. The number of benzene rings is 10. The van der Waals surface area contributed by atoms with Crippen LogP contribution >= 0.6 is 0 Å². The molecule has 0 saturated carbocycles. The Morgan fingerprint density at radius 1 is 0.222 bits per heavy atom. The zero-order valence-corrected chi connectivity index (χ0v) is 29.2. The largest absolute Gasteiger partial charge is 0.207 e. The molecular weight excluding hydrogens is 663 g/mol. The molecule has 0 fully saturated rings. The Balaban J connectivity index is 1.27. The van der Waals surface area contributed by atoms with Crippen LogP contribution < -0.4 is 0 Å². The summed E-state index contributed by atoms with van der Waals surface area (Å²) < 4.78 is 28.6. The van der Waals surface area contributed by atoms with E-state index >= 15 is 0 Å². The van der Waals surface area contributed by atoms with Gasteiger partial charge in [-0.25, -0.2) is 8.78 Å². The van der Waals surface area contributed by atoms with Crippen LogP contribution in [0, 0.1) is 11.6 Å². The highest BCUT2D eigenvalue weighted by atomic mass is 19.1. The molecule has 0 aliphatic rings. The Bertz CT molecular complexity index is 2720. The minimum absolute atomic E-state index is 0.264. The molecule has 0 aromatic heterocycles. The van der Waals surface area contributed by atoms with Gasteiger partial charge in [0.15, 0.2) is 0 Å². The SMILES string of the molecule is Fc1ccc(-c2cc(-c3ccc(-c4ccccc4)cc3)c3ccc4c(-c5ccc(F)cc5)cc(-c5ccc(-c6ccccc6)cc5)c5ccc2c3c45)cc1. The van der Waals surface area contributed by atoms with E-state index in [4.69, 9.17) is 0 Å². The van der Waals surface area contributed by atoms with Crippen LogP contribution in [0.25, 0.3) is 99.1 Å².